The second-order valence-electron chi connectivity index (χ2n) is 7.55. The summed E-state index contributed by atoms with van der Waals surface area (Å²) >= 11 is 0. The fourth-order valence-electron chi connectivity index (χ4n) is 4.10. The van der Waals surface area contributed by atoms with E-state index in [4.69, 9.17) is 0 Å². The highest BCUT2D eigenvalue weighted by atomic mass is 15.1. The molecule has 0 amide bonds. The van der Waals surface area contributed by atoms with Crippen molar-refractivity contribution >= 4 is 0 Å². The maximum Gasteiger partial charge on any atom is 0.0117 e. The minimum Gasteiger partial charge on any atom is -0.306 e. The van der Waals surface area contributed by atoms with Crippen molar-refractivity contribution in [3.8, 4) is 0 Å². The van der Waals surface area contributed by atoms with E-state index in [-0.39, 0.29) is 0 Å². The monoisotopic (exact) mass is 295 g/mol. The summed E-state index contributed by atoms with van der Waals surface area (Å²) in [5, 5.41) is 0. The van der Waals surface area contributed by atoms with Gasteiger partial charge in [0.25, 0.3) is 0 Å². The van der Waals surface area contributed by atoms with Crippen LogP contribution in [0.4, 0.5) is 0 Å². The molecule has 1 fully saturated rings. The molecule has 21 heavy (non-hydrogen) atoms. The van der Waals surface area contributed by atoms with Gasteiger partial charge in [-0.05, 0) is 39.3 Å². The zero-order chi connectivity index (χ0) is 15.3. The molecule has 0 aromatic carbocycles. The lowest BCUT2D eigenvalue weighted by Crippen LogP contribution is -2.36. The molecule has 0 N–H and O–H groups in total. The van der Waals surface area contributed by atoms with Gasteiger partial charge < -0.3 is 4.90 Å². The van der Waals surface area contributed by atoms with Gasteiger partial charge in [-0.2, -0.15) is 0 Å². The predicted molar refractivity (Wildman–Crippen MR) is 95.9 cm³/mol. The maximum absolute atomic E-state index is 2.51. The number of hydrogen-bond acceptors (Lipinski definition) is 1. The Balaban J connectivity index is 2.03. The van der Waals surface area contributed by atoms with E-state index < -0.39 is 0 Å². The molecule has 1 heteroatoms. The standard InChI is InChI=1S/C20H41N/c1-4-5-6-7-8-9-10-11-15-18-20(21(2)3)19-16-13-12-14-17-19/h19-20H,4-18H2,1-3H3. The van der Waals surface area contributed by atoms with E-state index >= 15 is 0 Å². The molecule has 0 radical (unpaired) electrons. The third-order valence-corrected chi connectivity index (χ3v) is 5.46. The van der Waals surface area contributed by atoms with Gasteiger partial charge in [-0.1, -0.05) is 84.0 Å². The molecule has 0 aromatic heterocycles. The lowest BCUT2D eigenvalue weighted by molar-refractivity contribution is 0.157. The maximum atomic E-state index is 2.51. The van der Waals surface area contributed by atoms with Gasteiger partial charge >= 0.3 is 0 Å². The van der Waals surface area contributed by atoms with E-state index in [1.54, 1.807) is 0 Å². The second-order valence-corrected chi connectivity index (χ2v) is 7.55. The van der Waals surface area contributed by atoms with Crippen LogP contribution in [-0.2, 0) is 0 Å². The quantitative estimate of drug-likeness (QED) is 0.376. The second kappa shape index (κ2) is 12.5. The van der Waals surface area contributed by atoms with Crippen molar-refractivity contribution in [1.82, 2.24) is 4.90 Å². The topological polar surface area (TPSA) is 3.24 Å². The van der Waals surface area contributed by atoms with Gasteiger partial charge in [0.1, 0.15) is 0 Å². The average molecular weight is 296 g/mol. The van der Waals surface area contributed by atoms with Crippen LogP contribution in [0, 0.1) is 5.92 Å². The van der Waals surface area contributed by atoms with Crippen LogP contribution in [0.2, 0.25) is 0 Å². The van der Waals surface area contributed by atoms with E-state index in [9.17, 15) is 0 Å². The number of hydrogen-bond donors (Lipinski definition) is 0. The first-order valence-corrected chi connectivity index (χ1v) is 9.92. The van der Waals surface area contributed by atoms with E-state index in [2.05, 4.69) is 25.9 Å². The fourth-order valence-corrected chi connectivity index (χ4v) is 4.10. The molecule has 1 saturated carbocycles. The molecular weight excluding hydrogens is 254 g/mol. The van der Waals surface area contributed by atoms with Crippen molar-refractivity contribution < 1.29 is 0 Å². The van der Waals surface area contributed by atoms with Crippen LogP contribution in [0.3, 0.4) is 0 Å². The Morgan fingerprint density at radius 3 is 1.81 bits per heavy atom. The summed E-state index contributed by atoms with van der Waals surface area (Å²) in [4.78, 5) is 2.51. The van der Waals surface area contributed by atoms with Crippen LogP contribution in [0.15, 0.2) is 0 Å². The first-order valence-electron chi connectivity index (χ1n) is 9.92. The first-order chi connectivity index (χ1) is 10.3. The Bertz CT molecular complexity index is 218. The van der Waals surface area contributed by atoms with Crippen molar-refractivity contribution in [2.24, 2.45) is 5.92 Å². The van der Waals surface area contributed by atoms with Gasteiger partial charge in [0.05, 0.1) is 0 Å². The number of rotatable bonds is 12. The van der Waals surface area contributed by atoms with Crippen molar-refractivity contribution in [1.29, 1.82) is 0 Å². The van der Waals surface area contributed by atoms with E-state index in [1.807, 2.05) is 0 Å². The minimum atomic E-state index is 0.856. The van der Waals surface area contributed by atoms with E-state index in [1.165, 1.54) is 96.3 Å². The molecular formula is C20H41N. The molecule has 1 aliphatic rings. The summed E-state index contributed by atoms with van der Waals surface area (Å²) < 4.78 is 0. The van der Waals surface area contributed by atoms with E-state index in [0.29, 0.717) is 0 Å². The van der Waals surface area contributed by atoms with E-state index in [0.717, 1.165) is 12.0 Å². The Morgan fingerprint density at radius 1 is 0.762 bits per heavy atom. The largest absolute Gasteiger partial charge is 0.306 e. The fraction of sp³-hybridized carbons (Fsp3) is 1.00. The van der Waals surface area contributed by atoms with Crippen molar-refractivity contribution in [3.63, 3.8) is 0 Å². The van der Waals surface area contributed by atoms with Crippen LogP contribution >= 0.6 is 0 Å². The van der Waals surface area contributed by atoms with Crippen molar-refractivity contribution in [2.75, 3.05) is 14.1 Å². The highest BCUT2D eigenvalue weighted by Gasteiger charge is 2.24. The van der Waals surface area contributed by atoms with Gasteiger partial charge in [0, 0.05) is 6.04 Å². The Morgan fingerprint density at radius 2 is 1.29 bits per heavy atom. The van der Waals surface area contributed by atoms with Crippen LogP contribution < -0.4 is 0 Å². The lowest BCUT2D eigenvalue weighted by Gasteiger charge is -2.35. The third kappa shape index (κ3) is 8.86. The molecule has 0 saturated heterocycles. The Hall–Kier alpha value is -0.0400. The zero-order valence-corrected chi connectivity index (χ0v) is 15.2. The molecule has 0 heterocycles. The summed E-state index contributed by atoms with van der Waals surface area (Å²) in [6.45, 7) is 2.30. The number of nitrogens with zero attached hydrogens (tertiary/aromatic N) is 1. The van der Waals surface area contributed by atoms with Crippen LogP contribution in [-0.4, -0.2) is 25.0 Å². The SMILES string of the molecule is CCCCCCCCCCCC(C1CCCCC1)N(C)C. The zero-order valence-electron chi connectivity index (χ0n) is 15.2. The average Bonchev–Trinajstić information content (AvgIpc) is 2.50. The molecule has 0 bridgehead atoms. The minimum absolute atomic E-state index is 0.856. The molecule has 1 nitrogen and oxygen atoms in total. The van der Waals surface area contributed by atoms with Gasteiger partial charge in [-0.3, -0.25) is 0 Å². The summed E-state index contributed by atoms with van der Waals surface area (Å²) in [5.74, 6) is 0.989. The molecule has 0 spiro atoms. The highest BCUT2D eigenvalue weighted by molar-refractivity contribution is 4.79. The normalized spacial score (nSPS) is 18.3. The molecule has 0 aromatic rings. The van der Waals surface area contributed by atoms with Gasteiger partial charge in [0.2, 0.25) is 0 Å². The molecule has 1 aliphatic carbocycles. The molecule has 126 valence electrons. The summed E-state index contributed by atoms with van der Waals surface area (Å²) in [5.41, 5.74) is 0. The highest BCUT2D eigenvalue weighted by Crippen LogP contribution is 2.30. The summed E-state index contributed by atoms with van der Waals surface area (Å²) in [6.07, 6.45) is 21.9. The summed E-state index contributed by atoms with van der Waals surface area (Å²) in [7, 11) is 4.60. The predicted octanol–water partition coefficient (Wildman–Crippen LogP) is 6.42. The van der Waals surface area contributed by atoms with Crippen molar-refractivity contribution in [2.45, 2.75) is 109 Å². The molecule has 0 aliphatic heterocycles. The van der Waals surface area contributed by atoms with Gasteiger partial charge in [0.15, 0.2) is 0 Å². The van der Waals surface area contributed by atoms with Crippen LogP contribution in [0.5, 0.6) is 0 Å². The smallest absolute Gasteiger partial charge is 0.0117 e. The molecule has 1 atom stereocenters. The van der Waals surface area contributed by atoms with Crippen LogP contribution in [0.1, 0.15) is 103 Å². The van der Waals surface area contributed by atoms with Gasteiger partial charge in [-0.25, -0.2) is 0 Å². The molecule has 1 rings (SSSR count). The van der Waals surface area contributed by atoms with Gasteiger partial charge in [-0.15, -0.1) is 0 Å². The third-order valence-electron chi connectivity index (χ3n) is 5.46. The Kier molecular flexibility index (Phi) is 11.3. The first kappa shape index (κ1) is 19.0. The Labute approximate surface area is 134 Å². The van der Waals surface area contributed by atoms with Crippen LogP contribution in [0.25, 0.3) is 0 Å². The lowest BCUT2D eigenvalue weighted by atomic mass is 9.81. The summed E-state index contributed by atoms with van der Waals surface area (Å²) in [6, 6.07) is 0.856. The molecule has 1 unspecified atom stereocenters. The van der Waals surface area contributed by atoms with Crippen molar-refractivity contribution in [3.05, 3.63) is 0 Å². The number of unbranched alkanes of at least 4 members (excludes halogenated alkanes) is 8.